The zero-order valence-electron chi connectivity index (χ0n) is 9.11. The fraction of sp³-hybridized carbons (Fsp3) is 0.455. The summed E-state index contributed by atoms with van der Waals surface area (Å²) in [5.74, 6) is 0. The summed E-state index contributed by atoms with van der Waals surface area (Å²) in [4.78, 5) is 0. The van der Waals surface area contributed by atoms with Gasteiger partial charge >= 0.3 is 6.18 Å². The third-order valence-electron chi connectivity index (χ3n) is 2.29. The number of rotatable bonds is 4. The van der Waals surface area contributed by atoms with Crippen molar-refractivity contribution in [2.45, 2.75) is 25.6 Å². The molecule has 1 N–H and O–H groups in total. The van der Waals surface area contributed by atoms with Crippen molar-refractivity contribution in [2.24, 2.45) is 0 Å². The molecule has 0 aliphatic heterocycles. The molecule has 1 unspecified atom stereocenters. The Bertz CT molecular complexity index is 379. The van der Waals surface area contributed by atoms with Gasteiger partial charge in [0.2, 0.25) is 0 Å². The molecule has 0 aliphatic rings. The highest BCUT2D eigenvalue weighted by atomic mass is 35.5. The van der Waals surface area contributed by atoms with E-state index in [-0.39, 0.29) is 12.6 Å². The van der Waals surface area contributed by atoms with Gasteiger partial charge < -0.3 is 5.32 Å². The zero-order valence-corrected chi connectivity index (χ0v) is 10.6. The first kappa shape index (κ1) is 14.6. The van der Waals surface area contributed by atoms with E-state index in [9.17, 15) is 13.2 Å². The Labute approximate surface area is 108 Å². The highest BCUT2D eigenvalue weighted by Gasteiger charge is 2.26. The van der Waals surface area contributed by atoms with Gasteiger partial charge in [-0.05, 0) is 24.6 Å². The van der Waals surface area contributed by atoms with Crippen molar-refractivity contribution < 1.29 is 13.2 Å². The van der Waals surface area contributed by atoms with Crippen molar-refractivity contribution in [1.82, 2.24) is 5.32 Å². The third-order valence-corrected chi connectivity index (χ3v) is 2.85. The number of halogens is 5. The summed E-state index contributed by atoms with van der Waals surface area (Å²) in [7, 11) is 0. The summed E-state index contributed by atoms with van der Waals surface area (Å²) < 4.78 is 35.9. The molecule has 6 heteroatoms. The molecule has 0 heterocycles. The Morgan fingerprint density at radius 3 is 2.47 bits per heavy atom. The fourth-order valence-electron chi connectivity index (χ4n) is 1.39. The molecule has 0 aliphatic carbocycles. The van der Waals surface area contributed by atoms with Gasteiger partial charge in [-0.3, -0.25) is 0 Å². The van der Waals surface area contributed by atoms with Crippen LogP contribution in [0.25, 0.3) is 0 Å². The summed E-state index contributed by atoms with van der Waals surface area (Å²) in [5.41, 5.74) is 0.734. The van der Waals surface area contributed by atoms with Crippen molar-refractivity contribution in [3.8, 4) is 0 Å². The van der Waals surface area contributed by atoms with Gasteiger partial charge in [0, 0.05) is 22.6 Å². The highest BCUT2D eigenvalue weighted by molar-refractivity contribution is 6.35. The number of hydrogen-bond donors (Lipinski definition) is 1. The molecule has 1 rings (SSSR count). The van der Waals surface area contributed by atoms with Gasteiger partial charge in [0.05, 0.1) is 6.42 Å². The molecule has 96 valence electrons. The molecule has 0 bridgehead atoms. The van der Waals surface area contributed by atoms with Crippen LogP contribution in [0.3, 0.4) is 0 Å². The average molecular weight is 286 g/mol. The lowest BCUT2D eigenvalue weighted by atomic mass is 10.1. The molecule has 0 saturated heterocycles. The van der Waals surface area contributed by atoms with E-state index in [0.29, 0.717) is 10.0 Å². The van der Waals surface area contributed by atoms with E-state index in [2.05, 4.69) is 5.32 Å². The van der Waals surface area contributed by atoms with Crippen molar-refractivity contribution in [3.63, 3.8) is 0 Å². The topological polar surface area (TPSA) is 12.0 Å². The first-order valence-electron chi connectivity index (χ1n) is 5.04. The lowest BCUT2D eigenvalue weighted by molar-refractivity contribution is -0.133. The van der Waals surface area contributed by atoms with Crippen LogP contribution in [0.4, 0.5) is 13.2 Å². The van der Waals surface area contributed by atoms with Crippen LogP contribution in [0, 0.1) is 0 Å². The molecule has 0 saturated carbocycles. The van der Waals surface area contributed by atoms with Crippen molar-refractivity contribution >= 4 is 23.2 Å². The van der Waals surface area contributed by atoms with Crippen molar-refractivity contribution in [3.05, 3.63) is 33.8 Å². The zero-order chi connectivity index (χ0) is 13.1. The second-order valence-electron chi connectivity index (χ2n) is 3.71. The van der Waals surface area contributed by atoms with Crippen LogP contribution in [0.1, 0.15) is 24.9 Å². The number of benzene rings is 1. The van der Waals surface area contributed by atoms with Crippen LogP contribution < -0.4 is 5.32 Å². The van der Waals surface area contributed by atoms with Crippen molar-refractivity contribution in [2.75, 3.05) is 6.54 Å². The average Bonchev–Trinajstić information content (AvgIpc) is 2.15. The molecule has 0 radical (unpaired) electrons. The minimum atomic E-state index is -4.14. The molecule has 0 amide bonds. The second-order valence-corrected chi connectivity index (χ2v) is 4.55. The van der Waals surface area contributed by atoms with E-state index < -0.39 is 12.6 Å². The Morgan fingerprint density at radius 2 is 1.94 bits per heavy atom. The minimum absolute atomic E-state index is 0.135. The molecule has 17 heavy (non-hydrogen) atoms. The van der Waals surface area contributed by atoms with Gasteiger partial charge in [-0.15, -0.1) is 0 Å². The second kappa shape index (κ2) is 5.94. The van der Waals surface area contributed by atoms with E-state index in [1.54, 1.807) is 25.1 Å². The Hall–Kier alpha value is -0.450. The molecule has 0 aromatic heterocycles. The standard InChI is InChI=1S/C11H12Cl2F3N/c1-7(17-5-4-11(14,15)16)9-3-2-8(12)6-10(9)13/h2-3,6-7,17H,4-5H2,1H3. The van der Waals surface area contributed by atoms with Gasteiger partial charge in [0.25, 0.3) is 0 Å². The molecule has 1 aromatic carbocycles. The van der Waals surface area contributed by atoms with Gasteiger partial charge in [0.15, 0.2) is 0 Å². The Balaban J connectivity index is 2.55. The largest absolute Gasteiger partial charge is 0.390 e. The maximum Gasteiger partial charge on any atom is 0.390 e. The van der Waals surface area contributed by atoms with E-state index in [4.69, 9.17) is 23.2 Å². The molecular formula is C11H12Cl2F3N. The lowest BCUT2D eigenvalue weighted by Gasteiger charge is -2.16. The van der Waals surface area contributed by atoms with Gasteiger partial charge in [-0.1, -0.05) is 29.3 Å². The lowest BCUT2D eigenvalue weighted by Crippen LogP contribution is -2.24. The predicted molar refractivity (Wildman–Crippen MR) is 63.6 cm³/mol. The van der Waals surface area contributed by atoms with Crippen LogP contribution in [0.15, 0.2) is 18.2 Å². The van der Waals surface area contributed by atoms with Crippen LogP contribution in [-0.2, 0) is 0 Å². The number of hydrogen-bond acceptors (Lipinski definition) is 1. The first-order chi connectivity index (χ1) is 7.79. The summed E-state index contributed by atoms with van der Waals surface area (Å²) in [6.07, 6.45) is -5.00. The smallest absolute Gasteiger partial charge is 0.310 e. The SMILES string of the molecule is CC(NCCC(F)(F)F)c1ccc(Cl)cc1Cl. The summed E-state index contributed by atoms with van der Waals surface area (Å²) in [6, 6.07) is 4.68. The Kier molecular flexibility index (Phi) is 5.10. The quantitative estimate of drug-likeness (QED) is 0.853. The molecule has 0 fully saturated rings. The Morgan fingerprint density at radius 1 is 1.29 bits per heavy atom. The molecule has 0 spiro atoms. The van der Waals surface area contributed by atoms with Crippen LogP contribution >= 0.6 is 23.2 Å². The first-order valence-corrected chi connectivity index (χ1v) is 5.80. The van der Waals surface area contributed by atoms with E-state index in [1.807, 2.05) is 0 Å². The third kappa shape index (κ3) is 5.15. The maximum atomic E-state index is 12.0. The predicted octanol–water partition coefficient (Wildman–Crippen LogP) is 4.60. The van der Waals surface area contributed by atoms with Crippen LogP contribution in [-0.4, -0.2) is 12.7 Å². The number of alkyl halides is 3. The minimum Gasteiger partial charge on any atom is -0.310 e. The van der Waals surface area contributed by atoms with E-state index in [1.165, 1.54) is 0 Å². The fourth-order valence-corrected chi connectivity index (χ4v) is 1.97. The van der Waals surface area contributed by atoms with Crippen LogP contribution in [0.2, 0.25) is 10.0 Å². The molecular weight excluding hydrogens is 274 g/mol. The number of nitrogens with one attached hydrogen (secondary N) is 1. The normalized spacial score (nSPS) is 13.8. The molecule has 1 aromatic rings. The van der Waals surface area contributed by atoms with Gasteiger partial charge in [0.1, 0.15) is 0 Å². The summed E-state index contributed by atoms with van der Waals surface area (Å²) in [6.45, 7) is 1.62. The van der Waals surface area contributed by atoms with Crippen LogP contribution in [0.5, 0.6) is 0 Å². The summed E-state index contributed by atoms with van der Waals surface area (Å²) in [5, 5.41) is 3.72. The van der Waals surface area contributed by atoms with E-state index in [0.717, 1.165) is 5.56 Å². The maximum absolute atomic E-state index is 12.0. The monoisotopic (exact) mass is 285 g/mol. The molecule has 1 nitrogen and oxygen atoms in total. The van der Waals surface area contributed by atoms with Crippen molar-refractivity contribution in [1.29, 1.82) is 0 Å². The van der Waals surface area contributed by atoms with Gasteiger partial charge in [-0.25, -0.2) is 0 Å². The van der Waals surface area contributed by atoms with Gasteiger partial charge in [-0.2, -0.15) is 13.2 Å². The van der Waals surface area contributed by atoms with E-state index >= 15 is 0 Å². The highest BCUT2D eigenvalue weighted by Crippen LogP contribution is 2.26. The summed E-state index contributed by atoms with van der Waals surface area (Å²) >= 11 is 11.7. The molecule has 1 atom stereocenters.